The largest absolute Gasteiger partial charge is 0.454 e. The summed E-state index contributed by atoms with van der Waals surface area (Å²) in [4.78, 5) is 13.8. The molecule has 122 valence electrons. The lowest BCUT2D eigenvalue weighted by Gasteiger charge is -2.11. The maximum absolute atomic E-state index is 13.5. The van der Waals surface area contributed by atoms with Crippen LogP contribution in [-0.4, -0.2) is 30.0 Å². The molecule has 0 bridgehead atoms. The first-order valence-electron chi connectivity index (χ1n) is 6.81. The van der Waals surface area contributed by atoms with E-state index >= 15 is 0 Å². The van der Waals surface area contributed by atoms with Gasteiger partial charge < -0.3 is 14.6 Å². The average molecular weight is 336 g/mol. The van der Waals surface area contributed by atoms with E-state index in [1.54, 1.807) is 24.3 Å². The van der Waals surface area contributed by atoms with Crippen molar-refractivity contribution in [3.05, 3.63) is 53.7 Å². The summed E-state index contributed by atoms with van der Waals surface area (Å²) < 4.78 is 18.9. The predicted octanol–water partition coefficient (Wildman–Crippen LogP) is 2.11. The molecule has 2 aromatic rings. The van der Waals surface area contributed by atoms with Crippen LogP contribution in [0.15, 0.2) is 40.8 Å². The SMILES string of the molecule is CN(C)Cc1ccc(C(=O)NNC(=S)Nc2ccccc2F)o1. The van der Waals surface area contributed by atoms with Crippen molar-refractivity contribution in [3.63, 3.8) is 0 Å². The Morgan fingerprint density at radius 1 is 1.22 bits per heavy atom. The van der Waals surface area contributed by atoms with Gasteiger partial charge in [0.25, 0.3) is 0 Å². The maximum Gasteiger partial charge on any atom is 0.305 e. The Bertz CT molecular complexity index is 702. The van der Waals surface area contributed by atoms with E-state index in [0.29, 0.717) is 12.3 Å². The Morgan fingerprint density at radius 2 is 1.96 bits per heavy atom. The molecule has 0 aliphatic rings. The van der Waals surface area contributed by atoms with Crippen molar-refractivity contribution in [1.29, 1.82) is 0 Å². The standard InChI is InChI=1S/C15H17FN4O2S/c1-20(2)9-10-7-8-13(22-10)14(21)18-19-15(23)17-12-6-4-3-5-11(12)16/h3-8H,9H2,1-2H3,(H,18,21)(H2,17,19,23). The Balaban J connectivity index is 1.85. The number of halogens is 1. The fourth-order valence-electron chi connectivity index (χ4n) is 1.79. The van der Waals surface area contributed by atoms with Gasteiger partial charge in [0, 0.05) is 0 Å². The highest BCUT2D eigenvalue weighted by Gasteiger charge is 2.12. The third kappa shape index (κ3) is 5.04. The molecule has 0 saturated carbocycles. The first-order chi connectivity index (χ1) is 11.0. The molecule has 0 atom stereocenters. The van der Waals surface area contributed by atoms with Crippen LogP contribution in [0.5, 0.6) is 0 Å². The molecule has 1 aromatic heterocycles. The van der Waals surface area contributed by atoms with Crippen molar-refractivity contribution < 1.29 is 13.6 Å². The third-order valence-corrected chi connectivity index (χ3v) is 2.97. The number of carbonyl (C=O) groups excluding carboxylic acids is 1. The van der Waals surface area contributed by atoms with Crippen LogP contribution in [0.25, 0.3) is 0 Å². The number of anilines is 1. The summed E-state index contributed by atoms with van der Waals surface area (Å²) in [5.41, 5.74) is 5.09. The molecule has 6 nitrogen and oxygen atoms in total. The molecule has 0 aliphatic carbocycles. The maximum atomic E-state index is 13.5. The normalized spacial score (nSPS) is 10.4. The van der Waals surface area contributed by atoms with Crippen molar-refractivity contribution >= 4 is 28.9 Å². The van der Waals surface area contributed by atoms with Gasteiger partial charge in [-0.05, 0) is 50.6 Å². The van der Waals surface area contributed by atoms with Crippen LogP contribution in [0.2, 0.25) is 0 Å². The number of nitrogens with zero attached hydrogens (tertiary/aromatic N) is 1. The van der Waals surface area contributed by atoms with E-state index in [-0.39, 0.29) is 16.6 Å². The summed E-state index contributed by atoms with van der Waals surface area (Å²) >= 11 is 4.99. The molecule has 0 fully saturated rings. The first-order valence-corrected chi connectivity index (χ1v) is 7.22. The number of hydrogen-bond donors (Lipinski definition) is 3. The van der Waals surface area contributed by atoms with Gasteiger partial charge >= 0.3 is 5.91 Å². The van der Waals surface area contributed by atoms with Crippen molar-refractivity contribution in [2.24, 2.45) is 0 Å². The lowest BCUT2D eigenvalue weighted by atomic mass is 10.3. The fourth-order valence-corrected chi connectivity index (χ4v) is 1.95. The highest BCUT2D eigenvalue weighted by molar-refractivity contribution is 7.80. The van der Waals surface area contributed by atoms with Gasteiger partial charge in [0.1, 0.15) is 11.6 Å². The molecule has 0 aliphatic heterocycles. The molecule has 2 rings (SSSR count). The van der Waals surface area contributed by atoms with Crippen LogP contribution < -0.4 is 16.2 Å². The average Bonchev–Trinajstić information content (AvgIpc) is 2.95. The third-order valence-electron chi connectivity index (χ3n) is 2.77. The van der Waals surface area contributed by atoms with Crippen molar-refractivity contribution in [3.8, 4) is 0 Å². The number of benzene rings is 1. The molecule has 1 heterocycles. The molecular formula is C15H17FN4O2S. The van der Waals surface area contributed by atoms with Gasteiger partial charge in [-0.15, -0.1) is 0 Å². The van der Waals surface area contributed by atoms with Gasteiger partial charge in [0.05, 0.1) is 12.2 Å². The van der Waals surface area contributed by atoms with Gasteiger partial charge in [0.15, 0.2) is 10.9 Å². The van der Waals surface area contributed by atoms with Crippen LogP contribution >= 0.6 is 12.2 Å². The number of nitrogens with one attached hydrogen (secondary N) is 3. The Hall–Kier alpha value is -2.45. The summed E-state index contributed by atoms with van der Waals surface area (Å²) in [5.74, 6) is -0.0923. The molecule has 0 radical (unpaired) electrons. The summed E-state index contributed by atoms with van der Waals surface area (Å²) in [6.07, 6.45) is 0. The van der Waals surface area contributed by atoms with Gasteiger partial charge in [-0.1, -0.05) is 12.1 Å². The number of amides is 1. The van der Waals surface area contributed by atoms with E-state index in [1.165, 1.54) is 12.1 Å². The zero-order chi connectivity index (χ0) is 16.8. The highest BCUT2D eigenvalue weighted by atomic mass is 32.1. The Morgan fingerprint density at radius 3 is 2.65 bits per heavy atom. The van der Waals surface area contributed by atoms with Crippen molar-refractivity contribution in [1.82, 2.24) is 15.8 Å². The summed E-state index contributed by atoms with van der Waals surface area (Å²) in [7, 11) is 3.80. The fraction of sp³-hybridized carbons (Fsp3) is 0.200. The zero-order valence-electron chi connectivity index (χ0n) is 12.7. The number of rotatable bonds is 4. The molecular weight excluding hydrogens is 319 g/mol. The van der Waals surface area contributed by atoms with E-state index in [0.717, 1.165) is 0 Å². The zero-order valence-corrected chi connectivity index (χ0v) is 13.5. The topological polar surface area (TPSA) is 69.5 Å². The van der Waals surface area contributed by atoms with Crippen molar-refractivity contribution in [2.75, 3.05) is 19.4 Å². The molecule has 23 heavy (non-hydrogen) atoms. The number of para-hydroxylation sites is 1. The smallest absolute Gasteiger partial charge is 0.305 e. The molecule has 0 spiro atoms. The summed E-state index contributed by atoms with van der Waals surface area (Å²) in [6.45, 7) is 0.591. The molecule has 8 heteroatoms. The lowest BCUT2D eigenvalue weighted by molar-refractivity contribution is 0.0913. The molecule has 1 amide bonds. The second-order valence-corrected chi connectivity index (χ2v) is 5.43. The van der Waals surface area contributed by atoms with E-state index < -0.39 is 11.7 Å². The highest BCUT2D eigenvalue weighted by Crippen LogP contribution is 2.12. The van der Waals surface area contributed by atoms with Crippen LogP contribution in [0.3, 0.4) is 0 Å². The number of carbonyl (C=O) groups is 1. The number of furan rings is 1. The minimum atomic E-state index is -0.479. The number of hydrogen-bond acceptors (Lipinski definition) is 4. The minimum Gasteiger partial charge on any atom is -0.454 e. The second kappa shape index (κ2) is 7.70. The molecule has 0 unspecified atom stereocenters. The van der Waals surface area contributed by atoms with Crippen LogP contribution in [0, 0.1) is 5.82 Å². The van der Waals surface area contributed by atoms with Crippen LogP contribution in [-0.2, 0) is 6.54 Å². The molecule has 1 aromatic carbocycles. The summed E-state index contributed by atoms with van der Waals surface area (Å²) in [5, 5.41) is 2.70. The van der Waals surface area contributed by atoms with Gasteiger partial charge in [-0.3, -0.25) is 15.6 Å². The lowest BCUT2D eigenvalue weighted by Crippen LogP contribution is -2.43. The van der Waals surface area contributed by atoms with Crippen LogP contribution in [0.1, 0.15) is 16.3 Å². The van der Waals surface area contributed by atoms with E-state index in [4.69, 9.17) is 16.6 Å². The van der Waals surface area contributed by atoms with Gasteiger partial charge in [0.2, 0.25) is 0 Å². The van der Waals surface area contributed by atoms with Crippen molar-refractivity contribution in [2.45, 2.75) is 6.54 Å². The summed E-state index contributed by atoms with van der Waals surface area (Å²) in [6, 6.07) is 9.38. The second-order valence-electron chi connectivity index (χ2n) is 5.02. The molecule has 3 N–H and O–H groups in total. The predicted molar refractivity (Wildman–Crippen MR) is 89.3 cm³/mol. The Kier molecular flexibility index (Phi) is 5.67. The van der Waals surface area contributed by atoms with Crippen LogP contribution in [0.4, 0.5) is 10.1 Å². The van der Waals surface area contributed by atoms with Gasteiger partial charge in [-0.25, -0.2) is 4.39 Å². The Labute approximate surface area is 138 Å². The van der Waals surface area contributed by atoms with E-state index in [9.17, 15) is 9.18 Å². The quantitative estimate of drug-likeness (QED) is 0.587. The first kappa shape index (κ1) is 16.9. The minimum absolute atomic E-state index is 0.0588. The van der Waals surface area contributed by atoms with Gasteiger partial charge in [-0.2, -0.15) is 0 Å². The van der Waals surface area contributed by atoms with E-state index in [2.05, 4.69) is 16.2 Å². The number of thiocarbonyl (C=S) groups is 1. The number of hydrazine groups is 1. The molecule has 0 saturated heterocycles. The monoisotopic (exact) mass is 336 g/mol. The van der Waals surface area contributed by atoms with E-state index in [1.807, 2.05) is 19.0 Å².